The number of aryl methyl sites for hydroxylation is 1. The molecule has 3 heteroatoms. The molecule has 0 bridgehead atoms. The molecule has 1 aliphatic heterocycles. The summed E-state index contributed by atoms with van der Waals surface area (Å²) in [4.78, 5) is 4.66. The standard InChI is InChI=1S/C11H19N3/c1-8(2)10-7-14-9(6-12)4-3-5-11(14)13-10/h7-9H,3-6,12H2,1-2H3. The highest BCUT2D eigenvalue weighted by atomic mass is 15.1. The molecule has 1 atom stereocenters. The van der Waals surface area contributed by atoms with Gasteiger partial charge in [0.1, 0.15) is 5.82 Å². The van der Waals surface area contributed by atoms with E-state index < -0.39 is 0 Å². The van der Waals surface area contributed by atoms with Crippen molar-refractivity contribution < 1.29 is 0 Å². The van der Waals surface area contributed by atoms with Crippen molar-refractivity contribution in [2.75, 3.05) is 6.54 Å². The summed E-state index contributed by atoms with van der Waals surface area (Å²) in [5.74, 6) is 1.75. The molecule has 1 unspecified atom stereocenters. The number of imidazole rings is 1. The second kappa shape index (κ2) is 3.73. The first-order valence-corrected chi connectivity index (χ1v) is 5.50. The fourth-order valence-electron chi connectivity index (χ4n) is 2.10. The van der Waals surface area contributed by atoms with Crippen LogP contribution in [0.4, 0.5) is 0 Å². The summed E-state index contributed by atoms with van der Waals surface area (Å²) in [5.41, 5.74) is 6.96. The van der Waals surface area contributed by atoms with Gasteiger partial charge >= 0.3 is 0 Å². The Hall–Kier alpha value is -0.830. The van der Waals surface area contributed by atoms with Crippen LogP contribution in [0.15, 0.2) is 6.20 Å². The molecule has 0 amide bonds. The van der Waals surface area contributed by atoms with Crippen LogP contribution in [-0.4, -0.2) is 16.1 Å². The van der Waals surface area contributed by atoms with Crippen molar-refractivity contribution in [2.24, 2.45) is 5.73 Å². The van der Waals surface area contributed by atoms with Crippen LogP contribution in [-0.2, 0) is 6.42 Å². The summed E-state index contributed by atoms with van der Waals surface area (Å²) in [6, 6.07) is 0.485. The Bertz CT molecular complexity index is 314. The molecule has 0 radical (unpaired) electrons. The molecule has 3 nitrogen and oxygen atoms in total. The molecule has 0 spiro atoms. The Balaban J connectivity index is 2.33. The summed E-state index contributed by atoms with van der Waals surface area (Å²) < 4.78 is 2.29. The Labute approximate surface area is 85.3 Å². The number of rotatable bonds is 2. The summed E-state index contributed by atoms with van der Waals surface area (Å²) in [6.07, 6.45) is 5.74. The lowest BCUT2D eigenvalue weighted by molar-refractivity contribution is 0.404. The molecule has 14 heavy (non-hydrogen) atoms. The Kier molecular flexibility index (Phi) is 2.59. The molecule has 0 saturated carbocycles. The van der Waals surface area contributed by atoms with E-state index in [0.717, 1.165) is 13.0 Å². The van der Waals surface area contributed by atoms with Gasteiger partial charge in [0.15, 0.2) is 0 Å². The summed E-state index contributed by atoms with van der Waals surface area (Å²) in [5, 5.41) is 0. The van der Waals surface area contributed by atoms with Gasteiger partial charge in [0, 0.05) is 25.2 Å². The first kappa shape index (κ1) is 9.71. The Morgan fingerprint density at radius 2 is 2.43 bits per heavy atom. The van der Waals surface area contributed by atoms with E-state index in [0.29, 0.717) is 12.0 Å². The minimum atomic E-state index is 0.485. The third-order valence-corrected chi connectivity index (χ3v) is 3.02. The highest BCUT2D eigenvalue weighted by molar-refractivity contribution is 5.11. The monoisotopic (exact) mass is 193 g/mol. The van der Waals surface area contributed by atoms with Gasteiger partial charge in [0.2, 0.25) is 0 Å². The van der Waals surface area contributed by atoms with Crippen molar-refractivity contribution in [3.63, 3.8) is 0 Å². The van der Waals surface area contributed by atoms with Crippen LogP contribution in [0.5, 0.6) is 0 Å². The number of aromatic nitrogens is 2. The van der Waals surface area contributed by atoms with Crippen LogP contribution >= 0.6 is 0 Å². The van der Waals surface area contributed by atoms with E-state index in [-0.39, 0.29) is 0 Å². The molecule has 0 fully saturated rings. The van der Waals surface area contributed by atoms with Crippen LogP contribution < -0.4 is 5.73 Å². The summed E-state index contributed by atoms with van der Waals surface area (Å²) in [6.45, 7) is 5.11. The fraction of sp³-hybridized carbons (Fsp3) is 0.727. The van der Waals surface area contributed by atoms with Crippen molar-refractivity contribution in [2.45, 2.75) is 45.1 Å². The van der Waals surface area contributed by atoms with Crippen molar-refractivity contribution in [1.82, 2.24) is 9.55 Å². The molecule has 1 aliphatic rings. The van der Waals surface area contributed by atoms with Crippen molar-refractivity contribution in [1.29, 1.82) is 0 Å². The van der Waals surface area contributed by atoms with E-state index >= 15 is 0 Å². The van der Waals surface area contributed by atoms with Gasteiger partial charge in [-0.1, -0.05) is 13.8 Å². The third kappa shape index (κ3) is 1.57. The van der Waals surface area contributed by atoms with E-state index in [4.69, 9.17) is 5.73 Å². The molecular formula is C11H19N3. The normalized spacial score (nSPS) is 21.3. The summed E-state index contributed by atoms with van der Waals surface area (Å²) >= 11 is 0. The molecule has 2 heterocycles. The Morgan fingerprint density at radius 1 is 1.64 bits per heavy atom. The predicted octanol–water partition coefficient (Wildman–Crippen LogP) is 1.84. The average molecular weight is 193 g/mol. The van der Waals surface area contributed by atoms with Crippen molar-refractivity contribution in [3.8, 4) is 0 Å². The van der Waals surface area contributed by atoms with E-state index in [9.17, 15) is 0 Å². The lowest BCUT2D eigenvalue weighted by atomic mass is 10.1. The molecule has 0 aromatic carbocycles. The lowest BCUT2D eigenvalue weighted by Gasteiger charge is -2.23. The molecule has 1 aromatic rings. The first-order valence-electron chi connectivity index (χ1n) is 5.50. The second-order valence-corrected chi connectivity index (χ2v) is 4.43. The molecule has 2 N–H and O–H groups in total. The highest BCUT2D eigenvalue weighted by Crippen LogP contribution is 2.26. The number of hydrogen-bond acceptors (Lipinski definition) is 2. The zero-order chi connectivity index (χ0) is 10.1. The Morgan fingerprint density at radius 3 is 3.07 bits per heavy atom. The SMILES string of the molecule is CC(C)c1cn2c(n1)CCCC2CN. The van der Waals surface area contributed by atoms with Gasteiger partial charge in [-0.3, -0.25) is 0 Å². The van der Waals surface area contributed by atoms with Crippen molar-refractivity contribution >= 4 is 0 Å². The van der Waals surface area contributed by atoms with E-state index in [1.54, 1.807) is 0 Å². The lowest BCUT2D eigenvalue weighted by Crippen LogP contribution is -2.24. The largest absolute Gasteiger partial charge is 0.330 e. The maximum atomic E-state index is 5.75. The van der Waals surface area contributed by atoms with Gasteiger partial charge in [-0.15, -0.1) is 0 Å². The van der Waals surface area contributed by atoms with Gasteiger partial charge in [-0.05, 0) is 18.8 Å². The quantitative estimate of drug-likeness (QED) is 0.779. The topological polar surface area (TPSA) is 43.8 Å². The zero-order valence-corrected chi connectivity index (χ0v) is 9.03. The third-order valence-electron chi connectivity index (χ3n) is 3.02. The van der Waals surface area contributed by atoms with Crippen LogP contribution in [0.3, 0.4) is 0 Å². The maximum Gasteiger partial charge on any atom is 0.109 e. The van der Waals surface area contributed by atoms with Gasteiger partial charge in [0.25, 0.3) is 0 Å². The number of hydrogen-bond donors (Lipinski definition) is 1. The fourth-order valence-corrected chi connectivity index (χ4v) is 2.10. The highest BCUT2D eigenvalue weighted by Gasteiger charge is 2.20. The van der Waals surface area contributed by atoms with Gasteiger partial charge in [-0.25, -0.2) is 4.98 Å². The minimum absolute atomic E-state index is 0.485. The number of nitrogens with two attached hydrogens (primary N) is 1. The summed E-state index contributed by atoms with van der Waals surface area (Å²) in [7, 11) is 0. The van der Waals surface area contributed by atoms with Crippen LogP contribution in [0.1, 0.15) is 50.2 Å². The minimum Gasteiger partial charge on any atom is -0.330 e. The maximum absolute atomic E-state index is 5.75. The number of nitrogens with zero attached hydrogens (tertiary/aromatic N) is 2. The molecule has 0 saturated heterocycles. The molecule has 78 valence electrons. The molecule has 0 aliphatic carbocycles. The molecule has 2 rings (SSSR count). The van der Waals surface area contributed by atoms with Crippen molar-refractivity contribution in [3.05, 3.63) is 17.7 Å². The van der Waals surface area contributed by atoms with Gasteiger partial charge < -0.3 is 10.3 Å². The van der Waals surface area contributed by atoms with Crippen LogP contribution in [0.2, 0.25) is 0 Å². The van der Waals surface area contributed by atoms with Crippen LogP contribution in [0, 0.1) is 0 Å². The van der Waals surface area contributed by atoms with E-state index in [1.165, 1.54) is 24.4 Å². The second-order valence-electron chi connectivity index (χ2n) is 4.43. The molecular weight excluding hydrogens is 174 g/mol. The first-order chi connectivity index (χ1) is 6.72. The van der Waals surface area contributed by atoms with Gasteiger partial charge in [-0.2, -0.15) is 0 Å². The van der Waals surface area contributed by atoms with Crippen LogP contribution in [0.25, 0.3) is 0 Å². The number of fused-ring (bicyclic) bond motifs is 1. The van der Waals surface area contributed by atoms with E-state index in [1.807, 2.05) is 0 Å². The van der Waals surface area contributed by atoms with Gasteiger partial charge in [0.05, 0.1) is 5.69 Å². The smallest absolute Gasteiger partial charge is 0.109 e. The van der Waals surface area contributed by atoms with E-state index in [2.05, 4.69) is 29.6 Å². The molecule has 1 aromatic heterocycles. The zero-order valence-electron chi connectivity index (χ0n) is 9.03. The predicted molar refractivity (Wildman–Crippen MR) is 57.3 cm³/mol. The average Bonchev–Trinajstić information content (AvgIpc) is 2.60.